The minimum atomic E-state index is -1.81. The fourth-order valence-electron chi connectivity index (χ4n) is 2.34. The second-order valence-electron chi connectivity index (χ2n) is 6.27. The smallest absolute Gasteiger partial charge is 0.258 e. The first kappa shape index (κ1) is 15.3. The van der Waals surface area contributed by atoms with E-state index in [0.29, 0.717) is 11.1 Å². The SMILES string of the molecule is CC(C)(C)c1ccc(C(O)(C(N)=O)c2ccccc2)cc1. The summed E-state index contributed by atoms with van der Waals surface area (Å²) in [6.45, 7) is 6.33. The average molecular weight is 283 g/mol. The van der Waals surface area contributed by atoms with E-state index >= 15 is 0 Å². The van der Waals surface area contributed by atoms with Gasteiger partial charge in [-0.15, -0.1) is 0 Å². The van der Waals surface area contributed by atoms with Crippen LogP contribution in [-0.2, 0) is 15.8 Å². The number of amides is 1. The molecule has 0 spiro atoms. The fraction of sp³-hybridized carbons (Fsp3) is 0.278. The van der Waals surface area contributed by atoms with E-state index in [0.717, 1.165) is 5.56 Å². The minimum absolute atomic E-state index is 0.0100. The first-order valence-corrected chi connectivity index (χ1v) is 6.95. The molecule has 3 heteroatoms. The van der Waals surface area contributed by atoms with E-state index in [1.54, 1.807) is 36.4 Å². The van der Waals surface area contributed by atoms with Crippen LogP contribution >= 0.6 is 0 Å². The molecule has 0 aliphatic carbocycles. The van der Waals surface area contributed by atoms with Crippen LogP contribution in [0.2, 0.25) is 0 Å². The van der Waals surface area contributed by atoms with Crippen molar-refractivity contribution in [3.8, 4) is 0 Å². The van der Waals surface area contributed by atoms with Crippen LogP contribution in [0.5, 0.6) is 0 Å². The Kier molecular flexibility index (Phi) is 3.88. The molecule has 1 amide bonds. The van der Waals surface area contributed by atoms with Crippen LogP contribution in [-0.4, -0.2) is 11.0 Å². The molecule has 0 aliphatic rings. The Morgan fingerprint density at radius 3 is 1.71 bits per heavy atom. The second-order valence-corrected chi connectivity index (χ2v) is 6.27. The van der Waals surface area contributed by atoms with E-state index in [9.17, 15) is 9.90 Å². The lowest BCUT2D eigenvalue weighted by Crippen LogP contribution is -2.42. The maximum absolute atomic E-state index is 11.9. The predicted octanol–water partition coefficient (Wildman–Crippen LogP) is 2.71. The Hall–Kier alpha value is -2.13. The Balaban J connectivity index is 2.52. The number of benzene rings is 2. The lowest BCUT2D eigenvalue weighted by molar-refractivity contribution is -0.133. The van der Waals surface area contributed by atoms with Gasteiger partial charge in [0, 0.05) is 0 Å². The van der Waals surface area contributed by atoms with Gasteiger partial charge in [-0.3, -0.25) is 4.79 Å². The molecular formula is C18H21NO2. The second kappa shape index (κ2) is 5.34. The van der Waals surface area contributed by atoms with Gasteiger partial charge < -0.3 is 10.8 Å². The number of hydrogen-bond acceptors (Lipinski definition) is 2. The van der Waals surface area contributed by atoms with Gasteiger partial charge in [-0.1, -0.05) is 75.4 Å². The number of carbonyl (C=O) groups is 1. The van der Waals surface area contributed by atoms with Crippen LogP contribution in [0, 0.1) is 0 Å². The number of carbonyl (C=O) groups excluding carboxylic acids is 1. The van der Waals surface area contributed by atoms with Gasteiger partial charge in [-0.2, -0.15) is 0 Å². The molecule has 1 unspecified atom stereocenters. The summed E-state index contributed by atoms with van der Waals surface area (Å²) in [5, 5.41) is 10.9. The molecule has 110 valence electrons. The molecule has 0 aromatic heterocycles. The van der Waals surface area contributed by atoms with Crippen LogP contribution in [0.3, 0.4) is 0 Å². The molecule has 1 atom stereocenters. The van der Waals surface area contributed by atoms with Crippen LogP contribution in [0.1, 0.15) is 37.5 Å². The Labute approximate surface area is 125 Å². The third-order valence-corrected chi connectivity index (χ3v) is 3.72. The Morgan fingerprint density at radius 2 is 1.29 bits per heavy atom. The highest BCUT2D eigenvalue weighted by Crippen LogP contribution is 2.31. The average Bonchev–Trinajstić information content (AvgIpc) is 2.46. The van der Waals surface area contributed by atoms with Crippen LogP contribution in [0.25, 0.3) is 0 Å². The topological polar surface area (TPSA) is 63.3 Å². The van der Waals surface area contributed by atoms with Crippen molar-refractivity contribution in [2.75, 3.05) is 0 Å². The summed E-state index contributed by atoms with van der Waals surface area (Å²) in [5.74, 6) is -0.780. The first-order chi connectivity index (χ1) is 9.76. The molecule has 0 fully saturated rings. The normalized spacial score (nSPS) is 14.5. The van der Waals surface area contributed by atoms with Gasteiger partial charge in [0.2, 0.25) is 0 Å². The van der Waals surface area contributed by atoms with Crippen molar-refractivity contribution in [2.24, 2.45) is 5.73 Å². The van der Waals surface area contributed by atoms with Crippen LogP contribution in [0.15, 0.2) is 54.6 Å². The Bertz CT molecular complexity index is 627. The van der Waals surface area contributed by atoms with Crippen LogP contribution in [0.4, 0.5) is 0 Å². The third kappa shape index (κ3) is 2.83. The van der Waals surface area contributed by atoms with Gasteiger partial charge in [0.1, 0.15) is 0 Å². The third-order valence-electron chi connectivity index (χ3n) is 3.72. The lowest BCUT2D eigenvalue weighted by Gasteiger charge is -2.27. The summed E-state index contributed by atoms with van der Waals surface area (Å²) in [5.41, 5.74) is 5.76. The molecule has 2 aromatic rings. The van der Waals surface area contributed by atoms with E-state index in [4.69, 9.17) is 5.73 Å². The van der Waals surface area contributed by atoms with E-state index in [1.165, 1.54) is 0 Å². The van der Waals surface area contributed by atoms with Crippen molar-refractivity contribution < 1.29 is 9.90 Å². The summed E-state index contributed by atoms with van der Waals surface area (Å²) >= 11 is 0. The van der Waals surface area contributed by atoms with Gasteiger partial charge in [0.25, 0.3) is 5.91 Å². The molecule has 0 radical (unpaired) electrons. The van der Waals surface area contributed by atoms with Crippen molar-refractivity contribution >= 4 is 5.91 Å². The predicted molar refractivity (Wildman–Crippen MR) is 83.8 cm³/mol. The largest absolute Gasteiger partial charge is 0.372 e. The Morgan fingerprint density at radius 1 is 0.857 bits per heavy atom. The lowest BCUT2D eigenvalue weighted by atomic mass is 9.82. The van der Waals surface area contributed by atoms with Crippen molar-refractivity contribution in [3.63, 3.8) is 0 Å². The zero-order valence-electron chi connectivity index (χ0n) is 12.6. The maximum atomic E-state index is 11.9. The number of primary amides is 1. The zero-order chi connectivity index (χ0) is 15.7. The molecule has 3 nitrogen and oxygen atoms in total. The number of aliphatic hydroxyl groups is 1. The highest BCUT2D eigenvalue weighted by atomic mass is 16.3. The summed E-state index contributed by atoms with van der Waals surface area (Å²) in [4.78, 5) is 11.9. The molecule has 0 bridgehead atoms. The van der Waals surface area contributed by atoms with E-state index < -0.39 is 11.5 Å². The molecular weight excluding hydrogens is 262 g/mol. The van der Waals surface area contributed by atoms with Crippen molar-refractivity contribution in [1.29, 1.82) is 0 Å². The number of nitrogens with two attached hydrogens (primary N) is 1. The molecule has 0 saturated carbocycles. The van der Waals surface area contributed by atoms with Crippen LogP contribution < -0.4 is 5.73 Å². The fourth-order valence-corrected chi connectivity index (χ4v) is 2.34. The summed E-state index contributed by atoms with van der Waals surface area (Å²) in [7, 11) is 0. The summed E-state index contributed by atoms with van der Waals surface area (Å²) < 4.78 is 0. The molecule has 21 heavy (non-hydrogen) atoms. The van der Waals surface area contributed by atoms with Crippen molar-refractivity contribution in [2.45, 2.75) is 31.8 Å². The van der Waals surface area contributed by atoms with E-state index in [2.05, 4.69) is 20.8 Å². The molecule has 0 heterocycles. The van der Waals surface area contributed by atoms with Gasteiger partial charge in [-0.25, -0.2) is 0 Å². The first-order valence-electron chi connectivity index (χ1n) is 6.95. The number of hydrogen-bond donors (Lipinski definition) is 2. The van der Waals surface area contributed by atoms with Crippen molar-refractivity contribution in [3.05, 3.63) is 71.3 Å². The van der Waals surface area contributed by atoms with Crippen molar-refractivity contribution in [1.82, 2.24) is 0 Å². The van der Waals surface area contributed by atoms with Gasteiger partial charge in [-0.05, 0) is 22.1 Å². The summed E-state index contributed by atoms with van der Waals surface area (Å²) in [6, 6.07) is 16.1. The molecule has 2 rings (SSSR count). The monoisotopic (exact) mass is 283 g/mol. The molecule has 0 saturated heterocycles. The highest BCUT2D eigenvalue weighted by Gasteiger charge is 2.38. The van der Waals surface area contributed by atoms with E-state index in [1.807, 2.05) is 18.2 Å². The minimum Gasteiger partial charge on any atom is -0.372 e. The molecule has 2 aromatic carbocycles. The van der Waals surface area contributed by atoms with E-state index in [-0.39, 0.29) is 5.41 Å². The highest BCUT2D eigenvalue weighted by molar-refractivity contribution is 5.88. The maximum Gasteiger partial charge on any atom is 0.258 e. The summed E-state index contributed by atoms with van der Waals surface area (Å²) in [6.07, 6.45) is 0. The van der Waals surface area contributed by atoms with Gasteiger partial charge in [0.15, 0.2) is 5.60 Å². The standard InChI is InChI=1S/C18H21NO2/c1-17(2,3)13-9-11-15(12-10-13)18(21,16(19)20)14-7-5-4-6-8-14/h4-12,21H,1-3H3,(H2,19,20). The van der Waals surface area contributed by atoms with Gasteiger partial charge >= 0.3 is 0 Å². The molecule has 3 N–H and O–H groups in total. The number of rotatable bonds is 3. The molecule has 0 aliphatic heterocycles. The van der Waals surface area contributed by atoms with Gasteiger partial charge in [0.05, 0.1) is 0 Å². The quantitative estimate of drug-likeness (QED) is 0.909. The zero-order valence-corrected chi connectivity index (χ0v) is 12.6.